The highest BCUT2D eigenvalue weighted by Crippen LogP contribution is 2.22. The molecule has 0 unspecified atom stereocenters. The molecule has 1 amide bonds. The van der Waals surface area contributed by atoms with Crippen molar-refractivity contribution in [3.05, 3.63) is 95.8 Å². The number of ether oxygens (including phenoxy) is 1. The van der Waals surface area contributed by atoms with Crippen LogP contribution in [0.4, 0.5) is 5.69 Å². The molecule has 0 atom stereocenters. The van der Waals surface area contributed by atoms with Crippen LogP contribution in [0.2, 0.25) is 5.02 Å². The van der Waals surface area contributed by atoms with Gasteiger partial charge in [-0.1, -0.05) is 17.7 Å². The molecule has 4 aromatic rings. The van der Waals surface area contributed by atoms with E-state index in [0.717, 1.165) is 0 Å². The first kappa shape index (κ1) is 17.8. The van der Waals surface area contributed by atoms with E-state index < -0.39 is 0 Å². The van der Waals surface area contributed by atoms with Crippen LogP contribution in [0, 0.1) is 0 Å². The van der Waals surface area contributed by atoms with Gasteiger partial charge in [0.05, 0.1) is 0 Å². The Hall–Kier alpha value is -3.64. The van der Waals surface area contributed by atoms with Crippen molar-refractivity contribution in [2.45, 2.75) is 0 Å². The van der Waals surface area contributed by atoms with Crippen LogP contribution < -0.4 is 10.1 Å². The van der Waals surface area contributed by atoms with Crippen molar-refractivity contribution in [2.75, 3.05) is 5.32 Å². The second-order valence-electron chi connectivity index (χ2n) is 5.91. The molecule has 2 heterocycles. The molecule has 4 rings (SSSR count). The molecule has 0 saturated heterocycles. The van der Waals surface area contributed by atoms with Crippen LogP contribution in [0.1, 0.15) is 10.4 Å². The second-order valence-corrected chi connectivity index (χ2v) is 6.35. The minimum atomic E-state index is -0.234. The third kappa shape index (κ3) is 4.19. The number of carbonyl (C=O) groups is 1. The van der Waals surface area contributed by atoms with Crippen molar-refractivity contribution in [1.82, 2.24) is 14.8 Å². The van der Waals surface area contributed by atoms with Gasteiger partial charge in [0.1, 0.15) is 5.75 Å². The third-order valence-corrected chi connectivity index (χ3v) is 4.15. The van der Waals surface area contributed by atoms with Crippen molar-refractivity contribution < 1.29 is 9.53 Å². The van der Waals surface area contributed by atoms with E-state index in [1.54, 1.807) is 54.6 Å². The van der Waals surface area contributed by atoms with Gasteiger partial charge in [-0.25, -0.2) is 0 Å². The first-order chi connectivity index (χ1) is 13.7. The summed E-state index contributed by atoms with van der Waals surface area (Å²) in [6.07, 6.45) is 3.78. The van der Waals surface area contributed by atoms with E-state index in [1.807, 2.05) is 35.2 Å². The van der Waals surface area contributed by atoms with E-state index >= 15 is 0 Å². The molecule has 0 radical (unpaired) electrons. The summed E-state index contributed by atoms with van der Waals surface area (Å²) >= 11 is 5.92. The summed E-state index contributed by atoms with van der Waals surface area (Å²) in [5.74, 6) is 1.44. The van der Waals surface area contributed by atoms with Crippen molar-refractivity contribution >= 4 is 23.2 Å². The van der Waals surface area contributed by atoms with Gasteiger partial charge in [0, 0.05) is 34.7 Å². The lowest BCUT2D eigenvalue weighted by atomic mass is 10.2. The molecule has 7 heteroatoms. The predicted molar refractivity (Wildman–Crippen MR) is 107 cm³/mol. The van der Waals surface area contributed by atoms with Crippen LogP contribution in [0.5, 0.6) is 11.6 Å². The van der Waals surface area contributed by atoms with Crippen LogP contribution in [-0.2, 0) is 0 Å². The number of rotatable bonds is 5. The maximum atomic E-state index is 12.3. The molecule has 0 aliphatic carbocycles. The molecule has 0 bridgehead atoms. The van der Waals surface area contributed by atoms with Crippen LogP contribution in [0.15, 0.2) is 85.2 Å². The van der Waals surface area contributed by atoms with Gasteiger partial charge in [-0.2, -0.15) is 0 Å². The normalized spacial score (nSPS) is 10.5. The van der Waals surface area contributed by atoms with Crippen molar-refractivity contribution in [3.8, 4) is 17.4 Å². The standard InChI is InChI=1S/C21H15ClN4O2/c22-16-5-3-4-15(14-16)21(27)23-17-6-8-18(9-7-17)28-20-11-10-19(24-25-20)26-12-1-2-13-26/h1-14H,(H,23,27). The van der Waals surface area contributed by atoms with E-state index in [2.05, 4.69) is 15.5 Å². The number of hydrogen-bond donors (Lipinski definition) is 1. The lowest BCUT2D eigenvalue weighted by Crippen LogP contribution is -2.11. The maximum absolute atomic E-state index is 12.3. The number of carbonyl (C=O) groups excluding carboxylic acids is 1. The number of anilines is 1. The Kier molecular flexibility index (Phi) is 5.03. The monoisotopic (exact) mass is 390 g/mol. The molecule has 0 fully saturated rings. The summed E-state index contributed by atoms with van der Waals surface area (Å²) in [6.45, 7) is 0. The fourth-order valence-corrected chi connectivity index (χ4v) is 2.74. The molecule has 138 valence electrons. The zero-order valence-corrected chi connectivity index (χ0v) is 15.4. The molecular weight excluding hydrogens is 376 g/mol. The SMILES string of the molecule is O=C(Nc1ccc(Oc2ccc(-n3cccc3)nn2)cc1)c1cccc(Cl)c1. The largest absolute Gasteiger partial charge is 0.438 e. The summed E-state index contributed by atoms with van der Waals surface area (Å²) in [4.78, 5) is 12.3. The van der Waals surface area contributed by atoms with Gasteiger partial charge in [0.25, 0.3) is 5.91 Å². The zero-order valence-electron chi connectivity index (χ0n) is 14.6. The van der Waals surface area contributed by atoms with Gasteiger partial charge in [-0.3, -0.25) is 4.79 Å². The zero-order chi connectivity index (χ0) is 19.3. The van der Waals surface area contributed by atoms with Gasteiger partial charge in [-0.15, -0.1) is 10.2 Å². The minimum absolute atomic E-state index is 0.234. The van der Waals surface area contributed by atoms with E-state index in [1.165, 1.54) is 0 Å². The average molecular weight is 391 g/mol. The maximum Gasteiger partial charge on any atom is 0.255 e. The first-order valence-electron chi connectivity index (χ1n) is 8.49. The fourth-order valence-electron chi connectivity index (χ4n) is 2.55. The fraction of sp³-hybridized carbons (Fsp3) is 0. The number of benzene rings is 2. The van der Waals surface area contributed by atoms with E-state index in [4.69, 9.17) is 16.3 Å². The van der Waals surface area contributed by atoms with Gasteiger partial charge in [-0.05, 0) is 60.7 Å². The highest BCUT2D eigenvalue weighted by Gasteiger charge is 2.07. The van der Waals surface area contributed by atoms with Crippen LogP contribution >= 0.6 is 11.6 Å². The average Bonchev–Trinajstić information content (AvgIpc) is 3.25. The summed E-state index contributed by atoms with van der Waals surface area (Å²) < 4.78 is 7.55. The smallest absolute Gasteiger partial charge is 0.255 e. The Bertz CT molecular complexity index is 1080. The predicted octanol–water partition coefficient (Wildman–Crippen LogP) is 4.97. The van der Waals surface area contributed by atoms with E-state index in [0.29, 0.717) is 33.7 Å². The van der Waals surface area contributed by atoms with Gasteiger partial charge in [0.15, 0.2) is 5.82 Å². The molecule has 2 aromatic carbocycles. The first-order valence-corrected chi connectivity index (χ1v) is 8.87. The van der Waals surface area contributed by atoms with Crippen LogP contribution in [0.25, 0.3) is 5.82 Å². The Morgan fingerprint density at radius 2 is 1.71 bits per heavy atom. The number of halogens is 1. The minimum Gasteiger partial charge on any atom is -0.438 e. The molecule has 0 spiro atoms. The molecule has 6 nitrogen and oxygen atoms in total. The van der Waals surface area contributed by atoms with Crippen molar-refractivity contribution in [2.24, 2.45) is 0 Å². The summed E-state index contributed by atoms with van der Waals surface area (Å²) in [5, 5.41) is 11.5. The topological polar surface area (TPSA) is 69.0 Å². The highest BCUT2D eigenvalue weighted by molar-refractivity contribution is 6.31. The molecule has 1 N–H and O–H groups in total. The lowest BCUT2D eigenvalue weighted by Gasteiger charge is -2.08. The molecule has 0 saturated carbocycles. The number of amides is 1. The van der Waals surface area contributed by atoms with E-state index in [-0.39, 0.29) is 5.91 Å². The van der Waals surface area contributed by atoms with Gasteiger partial charge in [0.2, 0.25) is 5.88 Å². The lowest BCUT2D eigenvalue weighted by molar-refractivity contribution is 0.102. The van der Waals surface area contributed by atoms with Crippen LogP contribution in [0.3, 0.4) is 0 Å². The third-order valence-electron chi connectivity index (χ3n) is 3.92. The summed E-state index contributed by atoms with van der Waals surface area (Å²) in [5.41, 5.74) is 1.14. The highest BCUT2D eigenvalue weighted by atomic mass is 35.5. The van der Waals surface area contributed by atoms with Crippen molar-refractivity contribution in [1.29, 1.82) is 0 Å². The molecule has 2 aromatic heterocycles. The van der Waals surface area contributed by atoms with Crippen LogP contribution in [-0.4, -0.2) is 20.7 Å². The molecule has 0 aliphatic heterocycles. The van der Waals surface area contributed by atoms with Crippen molar-refractivity contribution in [3.63, 3.8) is 0 Å². The molecule has 0 aliphatic rings. The van der Waals surface area contributed by atoms with Gasteiger partial charge < -0.3 is 14.6 Å². The summed E-state index contributed by atoms with van der Waals surface area (Å²) in [7, 11) is 0. The Labute approximate surface area is 166 Å². The Morgan fingerprint density at radius 1 is 0.929 bits per heavy atom. The number of nitrogens with zero attached hydrogens (tertiary/aromatic N) is 3. The Balaban J connectivity index is 1.40. The van der Waals surface area contributed by atoms with E-state index in [9.17, 15) is 4.79 Å². The molecular formula is C21H15ClN4O2. The second kappa shape index (κ2) is 7.94. The van der Waals surface area contributed by atoms with Gasteiger partial charge >= 0.3 is 0 Å². The molecule has 28 heavy (non-hydrogen) atoms. The number of hydrogen-bond acceptors (Lipinski definition) is 4. The summed E-state index contributed by atoms with van der Waals surface area (Å²) in [6, 6.07) is 21.2. The number of aromatic nitrogens is 3. The number of nitrogens with one attached hydrogen (secondary N) is 1. The quantitative estimate of drug-likeness (QED) is 0.522. The Morgan fingerprint density at radius 3 is 2.39 bits per heavy atom.